The maximum absolute atomic E-state index is 14.2. The van der Waals surface area contributed by atoms with Crippen molar-refractivity contribution in [3.63, 3.8) is 0 Å². The second-order valence-electron chi connectivity index (χ2n) is 8.08. The summed E-state index contributed by atoms with van der Waals surface area (Å²) in [6.45, 7) is 2.40. The molecule has 4 heterocycles. The number of benzene rings is 1. The molecule has 1 saturated heterocycles. The lowest BCUT2D eigenvalue weighted by Gasteiger charge is -2.44. The molecule has 0 aliphatic carbocycles. The highest BCUT2D eigenvalue weighted by molar-refractivity contribution is 7.14. The fraction of sp³-hybridized carbons (Fsp3) is 0.333. The minimum absolute atomic E-state index is 0.0331. The van der Waals surface area contributed by atoms with Crippen molar-refractivity contribution in [2.45, 2.75) is 24.9 Å². The standard InChI is InChI=1S/C21H19F2N5O4S/c1-10(12-4-3-11(22)7-14(12)23)18-24-25-19(33-18)13-8-28-15(17(30)16(13)29)20(31)27(2)21(26-28)5-6-32-9-21/h3-4,7-8,10,26,30H,5-6,9H2,1-2H3. The number of halogens is 2. The van der Waals surface area contributed by atoms with Crippen LogP contribution < -0.4 is 10.9 Å². The molecule has 2 N–H and O–H groups in total. The van der Waals surface area contributed by atoms with Gasteiger partial charge in [-0.05, 0) is 11.6 Å². The van der Waals surface area contributed by atoms with Gasteiger partial charge >= 0.3 is 0 Å². The summed E-state index contributed by atoms with van der Waals surface area (Å²) in [5.74, 6) is -3.16. The summed E-state index contributed by atoms with van der Waals surface area (Å²) >= 11 is 1.05. The summed E-state index contributed by atoms with van der Waals surface area (Å²) in [5, 5.41) is 19.3. The zero-order chi connectivity index (χ0) is 23.5. The lowest BCUT2D eigenvalue weighted by molar-refractivity contribution is 0.0463. The van der Waals surface area contributed by atoms with Crippen LogP contribution >= 0.6 is 11.3 Å². The number of aromatic hydroxyl groups is 1. The van der Waals surface area contributed by atoms with Crippen molar-refractivity contribution in [2.24, 2.45) is 0 Å². The van der Waals surface area contributed by atoms with Gasteiger partial charge < -0.3 is 14.7 Å². The highest BCUT2D eigenvalue weighted by Gasteiger charge is 2.47. The minimum Gasteiger partial charge on any atom is -0.502 e. The van der Waals surface area contributed by atoms with Crippen LogP contribution in [0.1, 0.15) is 40.3 Å². The largest absolute Gasteiger partial charge is 0.502 e. The predicted octanol–water partition coefficient (Wildman–Crippen LogP) is 2.25. The number of ether oxygens (including phenoxy) is 1. The number of hydrogen-bond donors (Lipinski definition) is 2. The van der Waals surface area contributed by atoms with Gasteiger partial charge in [-0.1, -0.05) is 24.3 Å². The minimum atomic E-state index is -0.802. The molecular weight excluding hydrogens is 456 g/mol. The van der Waals surface area contributed by atoms with Gasteiger partial charge in [0.2, 0.25) is 5.43 Å². The van der Waals surface area contributed by atoms with E-state index >= 15 is 0 Å². The molecule has 1 fully saturated rings. The van der Waals surface area contributed by atoms with Crippen LogP contribution in [-0.4, -0.2) is 56.7 Å². The number of hydrogen-bond acceptors (Lipinski definition) is 8. The van der Waals surface area contributed by atoms with E-state index in [4.69, 9.17) is 4.74 Å². The van der Waals surface area contributed by atoms with Crippen molar-refractivity contribution in [1.29, 1.82) is 0 Å². The Bertz CT molecular complexity index is 1330. The Morgan fingerprint density at radius 3 is 2.79 bits per heavy atom. The van der Waals surface area contributed by atoms with E-state index < -0.39 is 40.3 Å². The molecule has 2 aromatic heterocycles. The molecule has 3 aromatic rings. The molecule has 0 bridgehead atoms. The molecule has 5 rings (SSSR count). The van der Waals surface area contributed by atoms with Gasteiger partial charge in [0.05, 0.1) is 18.8 Å². The number of carbonyl (C=O) groups excluding carboxylic acids is 1. The quantitative estimate of drug-likeness (QED) is 0.598. The molecule has 33 heavy (non-hydrogen) atoms. The Kier molecular flexibility index (Phi) is 4.94. The van der Waals surface area contributed by atoms with E-state index in [1.807, 2.05) is 0 Å². The molecule has 2 aliphatic rings. The van der Waals surface area contributed by atoms with Crippen LogP contribution in [0.3, 0.4) is 0 Å². The third kappa shape index (κ3) is 3.28. The molecule has 0 radical (unpaired) electrons. The van der Waals surface area contributed by atoms with E-state index in [0.29, 0.717) is 18.0 Å². The van der Waals surface area contributed by atoms with Gasteiger partial charge in [-0.3, -0.25) is 19.7 Å². The van der Waals surface area contributed by atoms with Crippen molar-refractivity contribution in [3.05, 3.63) is 62.5 Å². The first-order chi connectivity index (χ1) is 15.7. The molecule has 12 heteroatoms. The Morgan fingerprint density at radius 1 is 1.30 bits per heavy atom. The van der Waals surface area contributed by atoms with Gasteiger partial charge in [-0.25, -0.2) is 8.78 Å². The molecule has 2 unspecified atom stereocenters. The first-order valence-corrected chi connectivity index (χ1v) is 10.9. The molecule has 1 aromatic carbocycles. The van der Waals surface area contributed by atoms with Gasteiger partial charge in [0.15, 0.2) is 22.1 Å². The van der Waals surface area contributed by atoms with Crippen LogP contribution in [-0.2, 0) is 4.74 Å². The van der Waals surface area contributed by atoms with Crippen LogP contribution in [0.25, 0.3) is 10.6 Å². The van der Waals surface area contributed by atoms with Gasteiger partial charge in [-0.15, -0.1) is 10.2 Å². The first-order valence-electron chi connectivity index (χ1n) is 10.1. The SMILES string of the molecule is CC(c1nnc(-c2cn3c(c(O)c2=O)C(=O)N(C)C2(CCOC2)N3)s1)c1ccc(F)cc1F. The van der Waals surface area contributed by atoms with Crippen molar-refractivity contribution in [1.82, 2.24) is 19.8 Å². The highest BCUT2D eigenvalue weighted by Crippen LogP contribution is 2.35. The number of aromatic nitrogens is 3. The Hall–Kier alpha value is -3.38. The molecule has 1 spiro atoms. The topological polar surface area (TPSA) is 110 Å². The maximum atomic E-state index is 14.2. The predicted molar refractivity (Wildman–Crippen MR) is 115 cm³/mol. The molecule has 9 nitrogen and oxygen atoms in total. The Labute approximate surface area is 190 Å². The van der Waals surface area contributed by atoms with Crippen molar-refractivity contribution in [3.8, 4) is 16.3 Å². The number of nitrogens with zero attached hydrogens (tertiary/aromatic N) is 4. The van der Waals surface area contributed by atoms with Crippen LogP contribution in [0.2, 0.25) is 0 Å². The number of nitrogens with one attached hydrogen (secondary N) is 1. The smallest absolute Gasteiger partial charge is 0.278 e. The Morgan fingerprint density at radius 2 is 2.09 bits per heavy atom. The molecule has 1 amide bonds. The molecule has 0 saturated carbocycles. The summed E-state index contributed by atoms with van der Waals surface area (Å²) < 4.78 is 34.3. The zero-order valence-corrected chi connectivity index (χ0v) is 18.4. The number of carbonyl (C=O) groups is 1. The average molecular weight is 475 g/mol. The highest BCUT2D eigenvalue weighted by atomic mass is 32.1. The average Bonchev–Trinajstić information content (AvgIpc) is 3.45. The van der Waals surface area contributed by atoms with E-state index in [-0.39, 0.29) is 28.4 Å². The van der Waals surface area contributed by atoms with Crippen LogP contribution in [0.4, 0.5) is 8.78 Å². The lowest BCUT2D eigenvalue weighted by atomic mass is 10.0. The summed E-state index contributed by atoms with van der Waals surface area (Å²) in [6, 6.07) is 3.29. The third-order valence-electron chi connectivity index (χ3n) is 6.13. The first kappa shape index (κ1) is 21.5. The van der Waals surface area contributed by atoms with E-state index in [2.05, 4.69) is 15.6 Å². The van der Waals surface area contributed by atoms with Crippen molar-refractivity contribution < 1.29 is 23.4 Å². The molecular formula is C21H19F2N5O4S. The fourth-order valence-corrected chi connectivity index (χ4v) is 5.03. The van der Waals surface area contributed by atoms with Gasteiger partial charge in [-0.2, -0.15) is 0 Å². The van der Waals surface area contributed by atoms with Crippen molar-refractivity contribution >= 4 is 17.2 Å². The second-order valence-corrected chi connectivity index (χ2v) is 9.09. The van der Waals surface area contributed by atoms with Crippen LogP contribution in [0.5, 0.6) is 5.75 Å². The molecule has 172 valence electrons. The van der Waals surface area contributed by atoms with Gasteiger partial charge in [0.1, 0.15) is 16.6 Å². The van der Waals surface area contributed by atoms with E-state index in [0.717, 1.165) is 23.5 Å². The monoisotopic (exact) mass is 475 g/mol. The van der Waals surface area contributed by atoms with Crippen molar-refractivity contribution in [2.75, 3.05) is 25.7 Å². The summed E-state index contributed by atoms with van der Waals surface area (Å²) in [4.78, 5) is 27.3. The third-order valence-corrected chi connectivity index (χ3v) is 7.27. The van der Waals surface area contributed by atoms with E-state index in [9.17, 15) is 23.5 Å². The normalized spacial score (nSPS) is 20.7. The lowest BCUT2D eigenvalue weighted by Crippen LogP contribution is -2.63. The van der Waals surface area contributed by atoms with Gasteiger partial charge in [0, 0.05) is 31.6 Å². The second kappa shape index (κ2) is 7.59. The van der Waals surface area contributed by atoms with Crippen LogP contribution in [0, 0.1) is 11.6 Å². The zero-order valence-electron chi connectivity index (χ0n) is 17.6. The molecule has 2 atom stereocenters. The number of likely N-dealkylation sites (N-methyl/N-ethyl adjacent to an activating group) is 1. The van der Waals surface area contributed by atoms with Crippen LogP contribution in [0.15, 0.2) is 29.2 Å². The summed E-state index contributed by atoms with van der Waals surface area (Å²) in [6.07, 6.45) is 1.93. The number of fused-ring (bicyclic) bond motifs is 1. The van der Waals surface area contributed by atoms with E-state index in [1.54, 1.807) is 14.0 Å². The van der Waals surface area contributed by atoms with E-state index in [1.165, 1.54) is 21.8 Å². The Balaban J connectivity index is 1.55. The maximum Gasteiger partial charge on any atom is 0.278 e. The fourth-order valence-electron chi connectivity index (χ4n) is 4.11. The number of pyridine rings is 1. The number of amides is 1. The molecule has 2 aliphatic heterocycles. The summed E-state index contributed by atoms with van der Waals surface area (Å²) in [7, 11) is 1.58. The van der Waals surface area contributed by atoms with Gasteiger partial charge in [0.25, 0.3) is 5.91 Å². The number of rotatable bonds is 3. The summed E-state index contributed by atoms with van der Waals surface area (Å²) in [5.41, 5.74) is 1.68.